The third-order valence-corrected chi connectivity index (χ3v) is 3.44. The lowest BCUT2D eigenvalue weighted by atomic mass is 10.2. The molecule has 0 unspecified atom stereocenters. The molecule has 1 aromatic rings. The maximum absolute atomic E-state index is 12.0. The fraction of sp³-hybridized carbons (Fsp3) is 0.714. The topological polar surface area (TPSA) is 67.6 Å². The maximum atomic E-state index is 12.0. The van der Waals surface area contributed by atoms with Gasteiger partial charge in [0.05, 0.1) is 18.4 Å². The molecule has 1 atom stereocenters. The summed E-state index contributed by atoms with van der Waals surface area (Å²) in [4.78, 5) is 18.4. The Morgan fingerprint density at radius 1 is 1.55 bits per heavy atom. The molecule has 1 aliphatic heterocycles. The van der Waals surface area contributed by atoms with Crippen molar-refractivity contribution in [1.29, 1.82) is 0 Å². The summed E-state index contributed by atoms with van der Waals surface area (Å²) in [5, 5.41) is 2.87. The highest BCUT2D eigenvalue weighted by molar-refractivity contribution is 5.92. The second-order valence-electron chi connectivity index (χ2n) is 5.18. The van der Waals surface area contributed by atoms with Crippen LogP contribution in [-0.4, -0.2) is 55.2 Å². The van der Waals surface area contributed by atoms with Crippen molar-refractivity contribution in [2.24, 2.45) is 0 Å². The second kappa shape index (κ2) is 6.85. The summed E-state index contributed by atoms with van der Waals surface area (Å²) in [6.45, 7) is 6.97. The molecule has 6 nitrogen and oxygen atoms in total. The van der Waals surface area contributed by atoms with Gasteiger partial charge >= 0.3 is 0 Å². The standard InChI is InChI=1S/C14H23N3O3/c1-4-12-16-10(2)13(20-12)14(18)15-6-5-11-9-17(3)7-8-19-11/h11H,4-9H2,1-3H3,(H,15,18)/t11-/m1/s1. The molecule has 6 heteroatoms. The van der Waals surface area contributed by atoms with Crippen molar-refractivity contribution < 1.29 is 13.9 Å². The average Bonchev–Trinajstić information content (AvgIpc) is 2.80. The number of rotatable bonds is 5. The number of amides is 1. The lowest BCUT2D eigenvalue weighted by Crippen LogP contribution is -2.41. The highest BCUT2D eigenvalue weighted by Gasteiger charge is 2.19. The molecule has 1 saturated heterocycles. The first-order chi connectivity index (χ1) is 9.60. The van der Waals surface area contributed by atoms with Gasteiger partial charge in [0.25, 0.3) is 5.91 Å². The van der Waals surface area contributed by atoms with Gasteiger partial charge in [0.15, 0.2) is 5.89 Å². The summed E-state index contributed by atoms with van der Waals surface area (Å²) in [6.07, 6.45) is 1.69. The summed E-state index contributed by atoms with van der Waals surface area (Å²) in [7, 11) is 2.08. The van der Waals surface area contributed by atoms with Crippen LogP contribution in [0.25, 0.3) is 0 Å². The van der Waals surface area contributed by atoms with Gasteiger partial charge in [-0.15, -0.1) is 0 Å². The first kappa shape index (κ1) is 15.0. The summed E-state index contributed by atoms with van der Waals surface area (Å²) in [5.41, 5.74) is 0.646. The molecule has 0 radical (unpaired) electrons. The Balaban J connectivity index is 1.78. The minimum absolute atomic E-state index is 0.191. The van der Waals surface area contributed by atoms with Crippen LogP contribution in [0.4, 0.5) is 0 Å². The Hall–Kier alpha value is -1.40. The van der Waals surface area contributed by atoms with Crippen LogP contribution < -0.4 is 5.32 Å². The fourth-order valence-corrected chi connectivity index (χ4v) is 2.28. The number of morpholine rings is 1. The van der Waals surface area contributed by atoms with Crippen LogP contribution in [0.5, 0.6) is 0 Å². The van der Waals surface area contributed by atoms with Crippen LogP contribution in [0.1, 0.15) is 35.5 Å². The Morgan fingerprint density at radius 2 is 2.35 bits per heavy atom. The van der Waals surface area contributed by atoms with Gasteiger partial charge in [-0.05, 0) is 20.4 Å². The van der Waals surface area contributed by atoms with Gasteiger partial charge in [0.1, 0.15) is 0 Å². The molecule has 112 valence electrons. The van der Waals surface area contributed by atoms with E-state index < -0.39 is 0 Å². The minimum atomic E-state index is -0.195. The van der Waals surface area contributed by atoms with Gasteiger partial charge in [0.2, 0.25) is 5.76 Å². The zero-order valence-corrected chi connectivity index (χ0v) is 12.4. The van der Waals surface area contributed by atoms with E-state index in [1.54, 1.807) is 6.92 Å². The Labute approximate surface area is 119 Å². The zero-order chi connectivity index (χ0) is 14.5. The van der Waals surface area contributed by atoms with E-state index in [1.807, 2.05) is 6.92 Å². The first-order valence-corrected chi connectivity index (χ1v) is 7.14. The summed E-state index contributed by atoms with van der Waals surface area (Å²) >= 11 is 0. The summed E-state index contributed by atoms with van der Waals surface area (Å²) in [6, 6.07) is 0. The number of oxazole rings is 1. The monoisotopic (exact) mass is 281 g/mol. The SMILES string of the molecule is CCc1nc(C)c(C(=O)NCC[C@@H]2CN(C)CCO2)o1. The zero-order valence-electron chi connectivity index (χ0n) is 12.4. The largest absolute Gasteiger partial charge is 0.435 e. The van der Waals surface area contributed by atoms with Crippen molar-refractivity contribution >= 4 is 5.91 Å². The van der Waals surface area contributed by atoms with Crippen molar-refractivity contribution in [3.8, 4) is 0 Å². The molecule has 1 N–H and O–H groups in total. The number of likely N-dealkylation sites (N-methyl/N-ethyl adjacent to an activating group) is 1. The van der Waals surface area contributed by atoms with E-state index in [2.05, 4.69) is 22.2 Å². The molecule has 20 heavy (non-hydrogen) atoms. The number of nitrogens with one attached hydrogen (secondary N) is 1. The molecule has 2 rings (SSSR count). The Kier molecular flexibility index (Phi) is 5.14. The molecule has 1 aliphatic rings. The second-order valence-corrected chi connectivity index (χ2v) is 5.18. The van der Waals surface area contributed by atoms with Crippen LogP contribution in [0, 0.1) is 6.92 Å². The lowest BCUT2D eigenvalue weighted by Gasteiger charge is -2.30. The van der Waals surface area contributed by atoms with E-state index in [0.29, 0.717) is 30.3 Å². The van der Waals surface area contributed by atoms with E-state index in [4.69, 9.17) is 9.15 Å². The summed E-state index contributed by atoms with van der Waals surface area (Å²) < 4.78 is 11.1. The van der Waals surface area contributed by atoms with Crippen molar-refractivity contribution in [3.63, 3.8) is 0 Å². The van der Waals surface area contributed by atoms with Gasteiger partial charge in [0, 0.05) is 26.1 Å². The molecular formula is C14H23N3O3. The van der Waals surface area contributed by atoms with E-state index in [-0.39, 0.29) is 12.0 Å². The van der Waals surface area contributed by atoms with Gasteiger partial charge in [-0.3, -0.25) is 4.79 Å². The van der Waals surface area contributed by atoms with Crippen LogP contribution in [0.2, 0.25) is 0 Å². The highest BCUT2D eigenvalue weighted by atomic mass is 16.5. The molecule has 1 fully saturated rings. The fourth-order valence-electron chi connectivity index (χ4n) is 2.28. The van der Waals surface area contributed by atoms with Crippen molar-refractivity contribution in [1.82, 2.24) is 15.2 Å². The number of carbonyl (C=O) groups is 1. The highest BCUT2D eigenvalue weighted by Crippen LogP contribution is 2.11. The third kappa shape index (κ3) is 3.80. The quantitative estimate of drug-likeness (QED) is 0.872. The molecule has 0 spiro atoms. The molecule has 0 saturated carbocycles. The normalized spacial score (nSPS) is 20.1. The van der Waals surface area contributed by atoms with E-state index >= 15 is 0 Å². The van der Waals surface area contributed by atoms with Gasteiger partial charge in [-0.2, -0.15) is 0 Å². The molecular weight excluding hydrogens is 258 g/mol. The van der Waals surface area contributed by atoms with E-state index in [0.717, 1.165) is 26.1 Å². The molecule has 0 bridgehead atoms. The van der Waals surface area contributed by atoms with Gasteiger partial charge < -0.3 is 19.4 Å². The number of carbonyl (C=O) groups excluding carboxylic acids is 1. The third-order valence-electron chi connectivity index (χ3n) is 3.44. The number of aromatic nitrogens is 1. The number of aryl methyl sites for hydroxylation is 2. The van der Waals surface area contributed by atoms with Gasteiger partial charge in [-0.1, -0.05) is 6.92 Å². The number of hydrogen-bond donors (Lipinski definition) is 1. The molecule has 0 aromatic carbocycles. The first-order valence-electron chi connectivity index (χ1n) is 7.14. The smallest absolute Gasteiger partial charge is 0.289 e. The van der Waals surface area contributed by atoms with E-state index in [9.17, 15) is 4.79 Å². The van der Waals surface area contributed by atoms with Crippen LogP contribution >= 0.6 is 0 Å². The maximum Gasteiger partial charge on any atom is 0.289 e. The average molecular weight is 281 g/mol. The van der Waals surface area contributed by atoms with Crippen molar-refractivity contribution in [2.75, 3.05) is 33.3 Å². The Morgan fingerprint density at radius 3 is 3.00 bits per heavy atom. The molecule has 1 amide bonds. The van der Waals surface area contributed by atoms with E-state index in [1.165, 1.54) is 0 Å². The van der Waals surface area contributed by atoms with Crippen LogP contribution in [0.3, 0.4) is 0 Å². The number of ether oxygens (including phenoxy) is 1. The Bertz CT molecular complexity index is 459. The molecule has 0 aliphatic carbocycles. The predicted octanol–water partition coefficient (Wildman–Crippen LogP) is 0.996. The van der Waals surface area contributed by atoms with Gasteiger partial charge in [-0.25, -0.2) is 4.98 Å². The molecule has 1 aromatic heterocycles. The van der Waals surface area contributed by atoms with Crippen molar-refractivity contribution in [3.05, 3.63) is 17.3 Å². The number of nitrogens with zero attached hydrogens (tertiary/aromatic N) is 2. The number of hydrogen-bond acceptors (Lipinski definition) is 5. The minimum Gasteiger partial charge on any atom is -0.435 e. The molecule has 2 heterocycles. The summed E-state index contributed by atoms with van der Waals surface area (Å²) in [5.74, 6) is 0.729. The predicted molar refractivity (Wildman–Crippen MR) is 74.8 cm³/mol. The van der Waals surface area contributed by atoms with Crippen LogP contribution in [-0.2, 0) is 11.2 Å². The van der Waals surface area contributed by atoms with Crippen LogP contribution in [0.15, 0.2) is 4.42 Å². The lowest BCUT2D eigenvalue weighted by molar-refractivity contribution is -0.0226. The van der Waals surface area contributed by atoms with Crippen molar-refractivity contribution in [2.45, 2.75) is 32.8 Å².